The first kappa shape index (κ1) is 22.6. The lowest BCUT2D eigenvalue weighted by molar-refractivity contribution is -0.146. The molecule has 0 spiro atoms. The van der Waals surface area contributed by atoms with Crippen LogP contribution < -0.4 is 0 Å². The number of amides is 3. The van der Waals surface area contributed by atoms with Crippen molar-refractivity contribution in [2.24, 2.45) is 0 Å². The highest BCUT2D eigenvalue weighted by Gasteiger charge is 2.48. The van der Waals surface area contributed by atoms with Crippen molar-refractivity contribution in [1.82, 2.24) is 19.6 Å². The second-order valence-electron chi connectivity index (χ2n) is 9.12. The lowest BCUT2D eigenvalue weighted by Crippen LogP contribution is -2.54. The number of esters is 1. The number of likely N-dealkylation sites (tertiary alicyclic amines) is 1. The smallest absolute Gasteiger partial charge is 0.410 e. The molecule has 10 heteroatoms. The van der Waals surface area contributed by atoms with E-state index in [-0.39, 0.29) is 36.2 Å². The van der Waals surface area contributed by atoms with Crippen LogP contribution in [0.5, 0.6) is 0 Å². The summed E-state index contributed by atoms with van der Waals surface area (Å²) in [5.74, 6) is -0.283. The summed E-state index contributed by atoms with van der Waals surface area (Å²) in [7, 11) is 3.01. The molecule has 0 bridgehead atoms. The first-order valence-electron chi connectivity index (χ1n) is 10.5. The zero-order valence-electron chi connectivity index (χ0n) is 18.6. The molecular weight excluding hydrogens is 392 g/mol. The number of carbonyl (C=O) groups excluding carboxylic acids is 3. The molecule has 0 aromatic carbocycles. The van der Waals surface area contributed by atoms with Crippen molar-refractivity contribution >= 4 is 18.1 Å². The highest BCUT2D eigenvalue weighted by molar-refractivity contribution is 5.80. The van der Waals surface area contributed by atoms with Crippen molar-refractivity contribution in [1.29, 1.82) is 0 Å². The molecule has 3 saturated heterocycles. The summed E-state index contributed by atoms with van der Waals surface area (Å²) in [5, 5.41) is 0. The van der Waals surface area contributed by atoms with E-state index in [2.05, 4.69) is 0 Å². The maximum Gasteiger partial charge on any atom is 0.410 e. The molecule has 3 atom stereocenters. The van der Waals surface area contributed by atoms with Crippen molar-refractivity contribution in [2.75, 3.05) is 60.1 Å². The number of urea groups is 1. The fourth-order valence-corrected chi connectivity index (χ4v) is 4.47. The van der Waals surface area contributed by atoms with Crippen LogP contribution in [0.15, 0.2) is 0 Å². The Morgan fingerprint density at radius 1 is 1.03 bits per heavy atom. The Balaban J connectivity index is 1.64. The quantitative estimate of drug-likeness (QED) is 0.595. The Labute approximate surface area is 178 Å². The normalized spacial score (nSPS) is 27.4. The van der Waals surface area contributed by atoms with Gasteiger partial charge in [-0.1, -0.05) is 0 Å². The van der Waals surface area contributed by atoms with Gasteiger partial charge in [-0.05, 0) is 27.2 Å². The molecule has 3 fully saturated rings. The molecule has 0 aromatic heterocycles. The van der Waals surface area contributed by atoms with E-state index in [1.54, 1.807) is 12.0 Å². The van der Waals surface area contributed by atoms with Gasteiger partial charge >= 0.3 is 18.1 Å². The Hall–Kier alpha value is -2.07. The van der Waals surface area contributed by atoms with Crippen molar-refractivity contribution in [3.05, 3.63) is 0 Å². The zero-order valence-corrected chi connectivity index (χ0v) is 18.6. The third-order valence-electron chi connectivity index (χ3n) is 5.91. The summed E-state index contributed by atoms with van der Waals surface area (Å²) >= 11 is 0. The van der Waals surface area contributed by atoms with Gasteiger partial charge in [0.25, 0.3) is 0 Å². The van der Waals surface area contributed by atoms with Gasteiger partial charge in [-0.2, -0.15) is 0 Å². The Morgan fingerprint density at radius 2 is 1.77 bits per heavy atom. The standard InChI is InChI=1S/C20H34N4O6/c1-20(2,3)30-19(27)22-6-7-23-15(12-22)13-24(18(23)26)14-10-16(17(25)29-5)21(11-14)8-9-28-4/h14-16H,6-13H2,1-5H3/t14-,15-,16+/m0/s1. The van der Waals surface area contributed by atoms with Crippen LogP contribution in [0.4, 0.5) is 9.59 Å². The highest BCUT2D eigenvalue weighted by atomic mass is 16.6. The summed E-state index contributed by atoms with van der Waals surface area (Å²) < 4.78 is 15.6. The molecule has 3 rings (SSSR count). The molecule has 170 valence electrons. The van der Waals surface area contributed by atoms with E-state index < -0.39 is 5.60 Å². The average molecular weight is 427 g/mol. The van der Waals surface area contributed by atoms with E-state index in [4.69, 9.17) is 14.2 Å². The second kappa shape index (κ2) is 8.97. The number of hydrogen-bond donors (Lipinski definition) is 0. The van der Waals surface area contributed by atoms with Crippen LogP contribution in [-0.4, -0.2) is 122 Å². The molecule has 30 heavy (non-hydrogen) atoms. The van der Waals surface area contributed by atoms with Gasteiger partial charge in [-0.3, -0.25) is 9.69 Å². The molecule has 0 aromatic rings. The van der Waals surface area contributed by atoms with Gasteiger partial charge in [0.15, 0.2) is 0 Å². The van der Waals surface area contributed by atoms with Crippen LogP contribution in [0, 0.1) is 0 Å². The SMILES string of the molecule is COCCN1C[C@@H](N2C[C@@H]3CN(C(=O)OC(C)(C)C)CCN3C2=O)C[C@@H]1C(=O)OC. The molecule has 10 nitrogen and oxygen atoms in total. The molecule has 0 unspecified atom stereocenters. The molecule has 0 saturated carbocycles. The monoisotopic (exact) mass is 426 g/mol. The van der Waals surface area contributed by atoms with Crippen LogP contribution in [0.25, 0.3) is 0 Å². The molecular formula is C20H34N4O6. The highest BCUT2D eigenvalue weighted by Crippen LogP contribution is 2.29. The third kappa shape index (κ3) is 4.80. The molecule has 0 radical (unpaired) electrons. The van der Waals surface area contributed by atoms with Gasteiger partial charge in [-0.25, -0.2) is 9.59 Å². The van der Waals surface area contributed by atoms with Crippen molar-refractivity contribution < 1.29 is 28.6 Å². The zero-order chi connectivity index (χ0) is 22.1. The predicted molar refractivity (Wildman–Crippen MR) is 108 cm³/mol. The number of hydrogen-bond acceptors (Lipinski definition) is 7. The molecule has 3 heterocycles. The summed E-state index contributed by atoms with van der Waals surface area (Å²) in [4.78, 5) is 45.1. The first-order chi connectivity index (χ1) is 14.1. The molecule has 0 aliphatic carbocycles. The number of ether oxygens (including phenoxy) is 3. The van der Waals surface area contributed by atoms with Crippen LogP contribution in [-0.2, 0) is 19.0 Å². The van der Waals surface area contributed by atoms with E-state index >= 15 is 0 Å². The van der Waals surface area contributed by atoms with Gasteiger partial charge in [0, 0.05) is 52.4 Å². The van der Waals surface area contributed by atoms with Gasteiger partial charge in [-0.15, -0.1) is 0 Å². The van der Waals surface area contributed by atoms with Gasteiger partial charge in [0.05, 0.1) is 19.8 Å². The van der Waals surface area contributed by atoms with E-state index in [0.29, 0.717) is 52.3 Å². The molecule has 3 aliphatic rings. The van der Waals surface area contributed by atoms with Crippen molar-refractivity contribution in [3.63, 3.8) is 0 Å². The molecule has 3 amide bonds. The van der Waals surface area contributed by atoms with E-state index in [1.807, 2.05) is 35.5 Å². The summed E-state index contributed by atoms with van der Waals surface area (Å²) in [6, 6.07) is -0.535. The first-order valence-corrected chi connectivity index (χ1v) is 10.5. The average Bonchev–Trinajstić information content (AvgIpc) is 3.25. The minimum absolute atomic E-state index is 0.0222. The van der Waals surface area contributed by atoms with E-state index in [1.165, 1.54) is 7.11 Å². The Bertz CT molecular complexity index is 666. The van der Waals surface area contributed by atoms with Gasteiger partial charge in [0.1, 0.15) is 11.6 Å². The Morgan fingerprint density at radius 3 is 2.40 bits per heavy atom. The summed E-state index contributed by atoms with van der Waals surface area (Å²) in [5.41, 5.74) is -0.551. The number of nitrogens with zero attached hydrogens (tertiary/aromatic N) is 4. The maximum absolute atomic E-state index is 13.1. The summed E-state index contributed by atoms with van der Waals surface area (Å²) in [6.07, 6.45) is 0.198. The number of methoxy groups -OCH3 is 2. The minimum Gasteiger partial charge on any atom is -0.468 e. The maximum atomic E-state index is 13.1. The molecule has 0 N–H and O–H groups in total. The number of rotatable bonds is 5. The van der Waals surface area contributed by atoms with Crippen LogP contribution in [0.3, 0.4) is 0 Å². The van der Waals surface area contributed by atoms with Crippen molar-refractivity contribution in [2.45, 2.75) is 50.9 Å². The lowest BCUT2D eigenvalue weighted by Gasteiger charge is -2.37. The van der Waals surface area contributed by atoms with E-state index in [0.717, 1.165) is 0 Å². The fourth-order valence-electron chi connectivity index (χ4n) is 4.47. The second-order valence-corrected chi connectivity index (χ2v) is 9.12. The third-order valence-corrected chi connectivity index (χ3v) is 5.91. The van der Waals surface area contributed by atoms with Crippen LogP contribution in [0.2, 0.25) is 0 Å². The number of fused-ring (bicyclic) bond motifs is 1. The summed E-state index contributed by atoms with van der Waals surface area (Å²) in [6.45, 7) is 9.18. The number of carbonyl (C=O) groups is 3. The predicted octanol–water partition coefficient (Wildman–Crippen LogP) is 0.606. The Kier molecular flexibility index (Phi) is 6.76. The van der Waals surface area contributed by atoms with Gasteiger partial charge in [0.2, 0.25) is 0 Å². The molecule has 3 aliphatic heterocycles. The van der Waals surface area contributed by atoms with Gasteiger partial charge < -0.3 is 28.9 Å². The topological polar surface area (TPSA) is 91.9 Å². The van der Waals surface area contributed by atoms with Crippen molar-refractivity contribution in [3.8, 4) is 0 Å². The number of piperazine rings is 1. The lowest BCUT2D eigenvalue weighted by atomic mass is 10.1. The van der Waals surface area contributed by atoms with Crippen LogP contribution in [0.1, 0.15) is 27.2 Å². The minimum atomic E-state index is -0.551. The van der Waals surface area contributed by atoms with Crippen LogP contribution >= 0.6 is 0 Å². The fraction of sp³-hybridized carbons (Fsp3) is 0.850. The largest absolute Gasteiger partial charge is 0.468 e. The van der Waals surface area contributed by atoms with E-state index in [9.17, 15) is 14.4 Å².